The van der Waals surface area contributed by atoms with E-state index < -0.39 is 17.2 Å². The third-order valence-corrected chi connectivity index (χ3v) is 9.73. The Hall–Kier alpha value is -5.56. The van der Waals surface area contributed by atoms with Crippen molar-refractivity contribution < 1.29 is 32.9 Å². The van der Waals surface area contributed by atoms with Crippen LogP contribution in [0.5, 0.6) is 11.5 Å². The van der Waals surface area contributed by atoms with Crippen LogP contribution in [0.25, 0.3) is 33.4 Å². The number of aromatic nitrogens is 2. The molecule has 1 amide bonds. The molecule has 2 aliphatic heterocycles. The first kappa shape index (κ1) is 36.8. The normalized spacial score (nSPS) is 16.2. The standard InChI is InChI=1S/C42H43FN4O7/c1-26-3-9-33(37(43)17-26)35-22-47(21-27-11-13-51-14-12-27)23-36(40(35)48)42(49)46-31-7-4-28(5-8-31)34-18-30(20-45-41(34)44)29-6-10-38(39(19-29)50-2)54-25-32-24-52-15-16-53-32/h3-10,17-20,22-23,27,32H,11-16,21,24-25H2,1-2H3,(H2,44,45)(H,46,49). The van der Waals surface area contributed by atoms with Crippen LogP contribution in [0.3, 0.4) is 0 Å². The smallest absolute Gasteiger partial charge is 0.261 e. The van der Waals surface area contributed by atoms with Crippen molar-refractivity contribution in [1.82, 2.24) is 9.55 Å². The molecule has 11 nitrogen and oxygen atoms in total. The molecule has 2 aromatic heterocycles. The van der Waals surface area contributed by atoms with Crippen molar-refractivity contribution in [2.24, 2.45) is 5.92 Å². The number of nitrogens with one attached hydrogen (secondary N) is 1. The van der Waals surface area contributed by atoms with Crippen molar-refractivity contribution in [2.75, 3.05) is 57.8 Å². The lowest BCUT2D eigenvalue weighted by atomic mass is 9.99. The van der Waals surface area contributed by atoms with Crippen molar-refractivity contribution in [1.29, 1.82) is 0 Å². The highest BCUT2D eigenvalue weighted by Gasteiger charge is 2.22. The number of nitrogens with zero attached hydrogens (tertiary/aromatic N) is 2. The van der Waals surface area contributed by atoms with E-state index in [-0.39, 0.29) is 22.8 Å². The predicted molar refractivity (Wildman–Crippen MR) is 204 cm³/mol. The van der Waals surface area contributed by atoms with Gasteiger partial charge in [0.1, 0.15) is 29.9 Å². The molecule has 0 spiro atoms. The Labute approximate surface area is 312 Å². The van der Waals surface area contributed by atoms with Crippen LogP contribution in [0.15, 0.2) is 90.1 Å². The van der Waals surface area contributed by atoms with Gasteiger partial charge < -0.3 is 39.3 Å². The molecular formula is C42H43FN4O7. The van der Waals surface area contributed by atoms with Gasteiger partial charge in [-0.1, -0.05) is 30.3 Å². The third kappa shape index (κ3) is 8.46. The van der Waals surface area contributed by atoms with E-state index in [4.69, 9.17) is 29.4 Å². The summed E-state index contributed by atoms with van der Waals surface area (Å²) in [5, 5.41) is 2.86. The summed E-state index contributed by atoms with van der Waals surface area (Å²) in [5.41, 5.74) is 10.4. The largest absolute Gasteiger partial charge is 0.493 e. The van der Waals surface area contributed by atoms with Crippen LogP contribution in [0.1, 0.15) is 28.8 Å². The monoisotopic (exact) mass is 734 g/mol. The van der Waals surface area contributed by atoms with E-state index in [9.17, 15) is 9.59 Å². The molecule has 3 N–H and O–H groups in total. The Kier molecular flexibility index (Phi) is 11.3. The van der Waals surface area contributed by atoms with Crippen molar-refractivity contribution in [3.8, 4) is 44.9 Å². The number of aryl methyl sites for hydroxylation is 1. The Morgan fingerprint density at radius 1 is 0.907 bits per heavy atom. The van der Waals surface area contributed by atoms with E-state index >= 15 is 4.39 Å². The summed E-state index contributed by atoms with van der Waals surface area (Å²) < 4.78 is 45.2. The molecule has 1 unspecified atom stereocenters. The minimum atomic E-state index is -0.591. The maximum absolute atomic E-state index is 15.2. The van der Waals surface area contributed by atoms with Gasteiger partial charge in [0.25, 0.3) is 5.91 Å². The lowest BCUT2D eigenvalue weighted by Gasteiger charge is -2.23. The maximum Gasteiger partial charge on any atom is 0.261 e. The summed E-state index contributed by atoms with van der Waals surface area (Å²) in [6.45, 7) is 5.62. The summed E-state index contributed by atoms with van der Waals surface area (Å²) in [6, 6.07) is 19.4. The average Bonchev–Trinajstić information content (AvgIpc) is 3.19. The highest BCUT2D eigenvalue weighted by molar-refractivity contribution is 6.04. The molecular weight excluding hydrogens is 691 g/mol. The van der Waals surface area contributed by atoms with Gasteiger partial charge in [-0.15, -0.1) is 0 Å². The zero-order valence-corrected chi connectivity index (χ0v) is 30.3. The fraction of sp³-hybridized carbons (Fsp3) is 0.310. The van der Waals surface area contributed by atoms with E-state index in [2.05, 4.69) is 10.3 Å². The molecule has 0 saturated carbocycles. The number of nitrogen functional groups attached to an aromatic ring is 1. The van der Waals surface area contributed by atoms with Crippen LogP contribution in [-0.2, 0) is 20.8 Å². The van der Waals surface area contributed by atoms with E-state index in [0.717, 1.165) is 35.1 Å². The molecule has 0 aliphatic carbocycles. The zero-order valence-electron chi connectivity index (χ0n) is 30.3. The fourth-order valence-electron chi connectivity index (χ4n) is 6.73. The fourth-order valence-corrected chi connectivity index (χ4v) is 6.73. The number of carbonyl (C=O) groups excluding carboxylic acids is 1. The minimum absolute atomic E-state index is 0.0760. The van der Waals surface area contributed by atoms with Crippen LogP contribution < -0.4 is 26.0 Å². The molecule has 54 heavy (non-hydrogen) atoms. The first-order chi connectivity index (χ1) is 26.2. The molecule has 0 radical (unpaired) electrons. The van der Waals surface area contributed by atoms with Crippen molar-refractivity contribution in [3.05, 3.63) is 112 Å². The number of anilines is 2. The van der Waals surface area contributed by atoms with Crippen LogP contribution in [-0.4, -0.2) is 68.3 Å². The van der Waals surface area contributed by atoms with Crippen LogP contribution in [0.2, 0.25) is 0 Å². The van der Waals surface area contributed by atoms with Gasteiger partial charge in [-0.05, 0) is 78.8 Å². The zero-order chi connectivity index (χ0) is 37.6. The Morgan fingerprint density at radius 3 is 2.44 bits per heavy atom. The van der Waals surface area contributed by atoms with Crippen molar-refractivity contribution >= 4 is 17.4 Å². The number of hydrogen-bond acceptors (Lipinski definition) is 9. The number of benzene rings is 3. The molecule has 2 aliphatic rings. The Morgan fingerprint density at radius 2 is 1.70 bits per heavy atom. The second-order valence-corrected chi connectivity index (χ2v) is 13.6. The molecule has 2 fully saturated rings. The summed E-state index contributed by atoms with van der Waals surface area (Å²) in [7, 11) is 1.59. The number of ether oxygens (including phenoxy) is 5. The Balaban J connectivity index is 1.10. The van der Waals surface area contributed by atoms with Crippen molar-refractivity contribution in [2.45, 2.75) is 32.4 Å². The van der Waals surface area contributed by atoms with Gasteiger partial charge in [0.2, 0.25) is 5.43 Å². The highest BCUT2D eigenvalue weighted by atomic mass is 19.1. The molecule has 2 saturated heterocycles. The number of rotatable bonds is 11. The SMILES string of the molecule is COc1cc(-c2cnc(N)c(-c3ccc(NC(=O)c4cn(CC5CCOCC5)cc(-c5ccc(C)cc5F)c4=O)cc3)c2)ccc1OCC1COCCO1. The molecule has 0 bridgehead atoms. The van der Waals surface area contributed by atoms with E-state index in [0.29, 0.717) is 80.7 Å². The second-order valence-electron chi connectivity index (χ2n) is 13.6. The number of carbonyl (C=O) groups is 1. The molecule has 280 valence electrons. The third-order valence-electron chi connectivity index (χ3n) is 9.73. The first-order valence-corrected chi connectivity index (χ1v) is 18.0. The number of amides is 1. The molecule has 5 aromatic rings. The quantitative estimate of drug-likeness (QED) is 0.151. The molecule has 4 heterocycles. The second kappa shape index (κ2) is 16.6. The van der Waals surface area contributed by atoms with Gasteiger partial charge in [0.15, 0.2) is 11.5 Å². The molecule has 12 heteroatoms. The van der Waals surface area contributed by atoms with E-state index in [1.54, 1.807) is 56.9 Å². The molecule has 1 atom stereocenters. The summed E-state index contributed by atoms with van der Waals surface area (Å²) >= 11 is 0. The topological polar surface area (TPSA) is 136 Å². The summed E-state index contributed by atoms with van der Waals surface area (Å²) in [5.74, 6) is 0.682. The number of pyridine rings is 2. The van der Waals surface area contributed by atoms with Crippen LogP contribution in [0.4, 0.5) is 15.9 Å². The lowest BCUT2D eigenvalue weighted by molar-refractivity contribution is -0.101. The van der Waals surface area contributed by atoms with Gasteiger partial charge in [-0.2, -0.15) is 0 Å². The van der Waals surface area contributed by atoms with Gasteiger partial charge in [0.05, 0.1) is 26.9 Å². The lowest BCUT2D eigenvalue weighted by Crippen LogP contribution is -2.33. The number of nitrogens with two attached hydrogens (primary N) is 1. The van der Waals surface area contributed by atoms with Gasteiger partial charge >= 0.3 is 0 Å². The predicted octanol–water partition coefficient (Wildman–Crippen LogP) is 6.76. The Bertz CT molecular complexity index is 2180. The first-order valence-electron chi connectivity index (χ1n) is 18.0. The van der Waals surface area contributed by atoms with Crippen LogP contribution >= 0.6 is 0 Å². The van der Waals surface area contributed by atoms with Crippen LogP contribution in [0, 0.1) is 18.7 Å². The van der Waals surface area contributed by atoms with Gasteiger partial charge in [-0.3, -0.25) is 9.59 Å². The van der Waals surface area contributed by atoms with Gasteiger partial charge in [0, 0.05) is 66.3 Å². The summed E-state index contributed by atoms with van der Waals surface area (Å²) in [4.78, 5) is 31.9. The molecule has 7 rings (SSSR count). The van der Waals surface area contributed by atoms with E-state index in [1.165, 1.54) is 6.07 Å². The maximum atomic E-state index is 15.2. The van der Waals surface area contributed by atoms with E-state index in [1.807, 2.05) is 41.0 Å². The summed E-state index contributed by atoms with van der Waals surface area (Å²) in [6.07, 6.45) is 6.48. The highest BCUT2D eigenvalue weighted by Crippen LogP contribution is 2.35. The number of methoxy groups -OCH3 is 1. The average molecular weight is 735 g/mol. The van der Waals surface area contributed by atoms with Crippen molar-refractivity contribution in [3.63, 3.8) is 0 Å². The van der Waals surface area contributed by atoms with Gasteiger partial charge in [-0.25, -0.2) is 9.37 Å². The number of hydrogen-bond donors (Lipinski definition) is 2. The molecule has 3 aromatic carbocycles. The number of halogens is 1. The minimum Gasteiger partial charge on any atom is -0.493 e.